The number of likely N-dealkylation sites (tertiary alicyclic amines) is 1. The maximum absolute atomic E-state index is 12.9. The van der Waals surface area contributed by atoms with Gasteiger partial charge in [-0.2, -0.15) is 0 Å². The van der Waals surface area contributed by atoms with E-state index in [1.165, 1.54) is 0 Å². The Morgan fingerprint density at radius 2 is 2.08 bits per heavy atom. The number of nitrogens with one attached hydrogen (secondary N) is 1. The molecule has 3 rings (SSSR count). The van der Waals surface area contributed by atoms with Gasteiger partial charge in [0.25, 0.3) is 5.91 Å². The molecule has 138 valence electrons. The van der Waals surface area contributed by atoms with E-state index in [4.69, 9.17) is 17.3 Å². The van der Waals surface area contributed by atoms with Crippen molar-refractivity contribution in [2.75, 3.05) is 31.1 Å². The lowest BCUT2D eigenvalue weighted by molar-refractivity contribution is 0.0533. The van der Waals surface area contributed by atoms with Crippen LogP contribution in [0.25, 0.3) is 0 Å². The first-order valence-corrected chi connectivity index (χ1v) is 8.57. The fourth-order valence-electron chi connectivity index (χ4n) is 3.28. The zero-order valence-electron chi connectivity index (χ0n) is 14.4. The van der Waals surface area contributed by atoms with E-state index < -0.39 is 0 Å². The van der Waals surface area contributed by atoms with Crippen molar-refractivity contribution in [1.82, 2.24) is 10.2 Å². The third kappa shape index (κ3) is 3.86. The highest BCUT2D eigenvalue weighted by Gasteiger charge is 2.36. The minimum absolute atomic E-state index is 0. The number of piperidine rings is 1. The fourth-order valence-corrected chi connectivity index (χ4v) is 3.48. The van der Waals surface area contributed by atoms with Crippen molar-refractivity contribution in [2.24, 2.45) is 11.1 Å². The minimum Gasteiger partial charge on any atom is -0.338 e. The summed E-state index contributed by atoms with van der Waals surface area (Å²) in [5.41, 5.74) is 7.13. The maximum Gasteiger partial charge on any atom is 0.321 e. The molecule has 0 saturated carbocycles. The lowest BCUT2D eigenvalue weighted by Gasteiger charge is -2.42. The smallest absolute Gasteiger partial charge is 0.321 e. The summed E-state index contributed by atoms with van der Waals surface area (Å²) in [6.45, 7) is 6.54. The lowest BCUT2D eigenvalue weighted by atomic mass is 9.79. The van der Waals surface area contributed by atoms with Crippen molar-refractivity contribution in [1.29, 1.82) is 0 Å². The number of carbonyl (C=O) groups excluding carboxylic acids is 2. The highest BCUT2D eigenvalue weighted by atomic mass is 35.5. The number of urea groups is 1. The predicted octanol–water partition coefficient (Wildman–Crippen LogP) is 2.49. The molecule has 1 aromatic carbocycles. The number of halogens is 2. The van der Waals surface area contributed by atoms with Crippen LogP contribution in [0.4, 0.5) is 10.5 Å². The molecule has 6 nitrogen and oxygen atoms in total. The second kappa shape index (κ2) is 7.40. The van der Waals surface area contributed by atoms with E-state index in [0.29, 0.717) is 42.5 Å². The van der Waals surface area contributed by atoms with Crippen molar-refractivity contribution in [2.45, 2.75) is 26.3 Å². The van der Waals surface area contributed by atoms with Crippen molar-refractivity contribution in [3.63, 3.8) is 0 Å². The highest BCUT2D eigenvalue weighted by molar-refractivity contribution is 6.34. The Morgan fingerprint density at radius 3 is 2.68 bits per heavy atom. The molecule has 0 bridgehead atoms. The van der Waals surface area contributed by atoms with Crippen LogP contribution in [0, 0.1) is 5.41 Å². The molecule has 0 spiro atoms. The molecule has 3 N–H and O–H groups in total. The Labute approximate surface area is 159 Å². The Hall–Kier alpha value is -1.50. The topological polar surface area (TPSA) is 78.7 Å². The highest BCUT2D eigenvalue weighted by Crippen LogP contribution is 2.31. The number of benzene rings is 1. The van der Waals surface area contributed by atoms with Gasteiger partial charge >= 0.3 is 6.03 Å². The van der Waals surface area contributed by atoms with E-state index in [0.717, 1.165) is 6.42 Å². The average molecular weight is 387 g/mol. The van der Waals surface area contributed by atoms with Gasteiger partial charge in [0.15, 0.2) is 0 Å². The summed E-state index contributed by atoms with van der Waals surface area (Å²) in [6, 6.07) is 5.07. The van der Waals surface area contributed by atoms with Gasteiger partial charge < -0.3 is 16.0 Å². The van der Waals surface area contributed by atoms with Gasteiger partial charge in [0.05, 0.1) is 10.6 Å². The van der Waals surface area contributed by atoms with E-state index in [9.17, 15) is 9.59 Å². The number of rotatable bonds is 2. The molecule has 0 radical (unpaired) electrons. The molecule has 1 unspecified atom stereocenters. The summed E-state index contributed by atoms with van der Waals surface area (Å²) in [4.78, 5) is 28.2. The zero-order chi connectivity index (χ0) is 17.5. The van der Waals surface area contributed by atoms with E-state index in [2.05, 4.69) is 19.2 Å². The average Bonchev–Trinajstić information content (AvgIpc) is 2.96. The fraction of sp³-hybridized carbons (Fsp3) is 0.529. The number of hydrogen-bond acceptors (Lipinski definition) is 3. The standard InChI is InChI=1S/C17H23ClN4O2.ClH/c1-17(2)10-21(7-5-14(17)19)15(23)12-9-11(3-4-13(12)18)22-8-6-20-16(22)24;/h3-4,9,14H,5-8,10,19H2,1-2H3,(H,20,24);1H. The van der Waals surface area contributed by atoms with Crippen molar-refractivity contribution >= 4 is 41.6 Å². The van der Waals surface area contributed by atoms with Crippen LogP contribution >= 0.6 is 24.0 Å². The van der Waals surface area contributed by atoms with E-state index in [1.54, 1.807) is 28.0 Å². The summed E-state index contributed by atoms with van der Waals surface area (Å²) in [7, 11) is 0. The summed E-state index contributed by atoms with van der Waals surface area (Å²) < 4.78 is 0. The number of carbonyl (C=O) groups is 2. The van der Waals surface area contributed by atoms with Gasteiger partial charge in [-0.3, -0.25) is 9.69 Å². The quantitative estimate of drug-likeness (QED) is 0.819. The molecule has 0 aromatic heterocycles. The second-order valence-corrected chi connectivity index (χ2v) is 7.57. The van der Waals surface area contributed by atoms with Crippen LogP contribution in [0.1, 0.15) is 30.6 Å². The number of nitrogens with zero attached hydrogens (tertiary/aromatic N) is 2. The summed E-state index contributed by atoms with van der Waals surface area (Å²) in [5.74, 6) is -0.110. The Kier molecular flexibility index (Phi) is 5.86. The predicted molar refractivity (Wildman–Crippen MR) is 102 cm³/mol. The van der Waals surface area contributed by atoms with Gasteiger partial charge in [-0.1, -0.05) is 25.4 Å². The molecule has 2 aliphatic rings. The first-order chi connectivity index (χ1) is 11.3. The van der Waals surface area contributed by atoms with Gasteiger partial charge in [-0.05, 0) is 30.0 Å². The van der Waals surface area contributed by atoms with Gasteiger partial charge in [0.2, 0.25) is 0 Å². The maximum atomic E-state index is 12.9. The molecule has 2 aliphatic heterocycles. The van der Waals surface area contributed by atoms with Gasteiger partial charge in [0.1, 0.15) is 0 Å². The molecule has 25 heavy (non-hydrogen) atoms. The molecular formula is C17H24Cl2N4O2. The second-order valence-electron chi connectivity index (χ2n) is 7.16. The van der Waals surface area contributed by atoms with Crippen LogP contribution in [0.3, 0.4) is 0 Å². The first kappa shape index (κ1) is 19.8. The lowest BCUT2D eigenvalue weighted by Crippen LogP contribution is -2.54. The molecule has 2 saturated heterocycles. The normalized spacial score (nSPS) is 22.4. The third-order valence-electron chi connectivity index (χ3n) is 4.95. The Balaban J connectivity index is 0.00000225. The SMILES string of the molecule is CC1(C)CN(C(=O)c2cc(N3CCNC3=O)ccc2Cl)CCC1N.Cl. The zero-order valence-corrected chi connectivity index (χ0v) is 16.0. The number of anilines is 1. The van der Waals surface area contributed by atoms with Crippen LogP contribution in [0.2, 0.25) is 5.02 Å². The summed E-state index contributed by atoms with van der Waals surface area (Å²) in [6.07, 6.45) is 0.768. The van der Waals surface area contributed by atoms with Crippen molar-refractivity contribution < 1.29 is 9.59 Å². The number of amides is 3. The number of hydrogen-bond donors (Lipinski definition) is 2. The molecule has 0 aliphatic carbocycles. The summed E-state index contributed by atoms with van der Waals surface area (Å²) in [5, 5.41) is 3.15. The Morgan fingerprint density at radius 1 is 1.36 bits per heavy atom. The Bertz CT molecular complexity index is 681. The molecular weight excluding hydrogens is 363 g/mol. The van der Waals surface area contributed by atoms with E-state index in [1.807, 2.05) is 0 Å². The molecule has 2 heterocycles. The first-order valence-electron chi connectivity index (χ1n) is 8.19. The van der Waals surface area contributed by atoms with Gasteiger partial charge in [0, 0.05) is 37.9 Å². The van der Waals surface area contributed by atoms with Crippen LogP contribution < -0.4 is 16.0 Å². The minimum atomic E-state index is -0.152. The summed E-state index contributed by atoms with van der Waals surface area (Å²) >= 11 is 6.26. The molecule has 3 amide bonds. The van der Waals surface area contributed by atoms with Crippen LogP contribution in [0.15, 0.2) is 18.2 Å². The van der Waals surface area contributed by atoms with Crippen molar-refractivity contribution in [3.8, 4) is 0 Å². The van der Waals surface area contributed by atoms with Gasteiger partial charge in [-0.15, -0.1) is 12.4 Å². The molecule has 1 atom stereocenters. The molecule has 8 heteroatoms. The third-order valence-corrected chi connectivity index (χ3v) is 5.28. The number of nitrogens with two attached hydrogens (primary N) is 1. The van der Waals surface area contributed by atoms with E-state index in [-0.39, 0.29) is 35.8 Å². The van der Waals surface area contributed by atoms with Crippen LogP contribution in [-0.4, -0.2) is 49.1 Å². The van der Waals surface area contributed by atoms with Gasteiger partial charge in [-0.25, -0.2) is 4.79 Å². The van der Waals surface area contributed by atoms with E-state index >= 15 is 0 Å². The van der Waals surface area contributed by atoms with Crippen molar-refractivity contribution in [3.05, 3.63) is 28.8 Å². The van der Waals surface area contributed by atoms with Crippen LogP contribution in [-0.2, 0) is 0 Å². The van der Waals surface area contributed by atoms with Crippen LogP contribution in [0.5, 0.6) is 0 Å². The monoisotopic (exact) mass is 386 g/mol. The molecule has 1 aromatic rings. The largest absolute Gasteiger partial charge is 0.338 e. The molecule has 2 fully saturated rings.